The minimum atomic E-state index is -1.25. The molecular formula is C25H24F2N4O4. The van der Waals surface area contributed by atoms with Crippen LogP contribution in [0.1, 0.15) is 12.0 Å². The van der Waals surface area contributed by atoms with Gasteiger partial charge in [-0.2, -0.15) is 0 Å². The number of anilines is 2. The summed E-state index contributed by atoms with van der Waals surface area (Å²) in [6, 6.07) is 15.7. The van der Waals surface area contributed by atoms with Crippen LogP contribution < -0.4 is 14.5 Å². The van der Waals surface area contributed by atoms with Gasteiger partial charge in [-0.3, -0.25) is 4.90 Å². The maximum Gasteiger partial charge on any atom is 0.413 e. The molecule has 2 aliphatic rings. The van der Waals surface area contributed by atoms with E-state index in [0.29, 0.717) is 30.8 Å². The molecule has 0 aliphatic carbocycles. The van der Waals surface area contributed by atoms with Crippen molar-refractivity contribution in [3.05, 3.63) is 66.0 Å². The molecule has 10 heteroatoms. The third kappa shape index (κ3) is 4.03. The van der Waals surface area contributed by atoms with Gasteiger partial charge < -0.3 is 19.5 Å². The fourth-order valence-corrected chi connectivity index (χ4v) is 4.91. The molecule has 3 heterocycles. The number of methoxy groups -OCH3 is 1. The molecule has 0 unspecified atom stereocenters. The molecule has 0 bridgehead atoms. The normalized spacial score (nSPS) is 20.9. The molecule has 2 aromatic carbocycles. The second-order valence-electron chi connectivity index (χ2n) is 8.72. The van der Waals surface area contributed by atoms with Gasteiger partial charge in [-0.25, -0.2) is 13.6 Å². The van der Waals surface area contributed by atoms with Crippen molar-refractivity contribution in [2.24, 2.45) is 0 Å². The van der Waals surface area contributed by atoms with Gasteiger partial charge in [-0.15, -0.1) is 10.2 Å². The van der Waals surface area contributed by atoms with Gasteiger partial charge in [0.1, 0.15) is 6.67 Å². The van der Waals surface area contributed by atoms with E-state index in [1.54, 1.807) is 12.1 Å². The first-order chi connectivity index (χ1) is 17.0. The SMILES string of the molecule is COc1c(F)cccc1-c1cc2c(nn1)N(C(=O)O)C[C@@]1(CF)C[C@@H](OCc3ccccc3)CN21. The van der Waals surface area contributed by atoms with Crippen LogP contribution in [0.25, 0.3) is 11.3 Å². The molecule has 0 radical (unpaired) electrons. The molecule has 2 atom stereocenters. The Morgan fingerprint density at radius 1 is 1.20 bits per heavy atom. The monoisotopic (exact) mass is 482 g/mol. The summed E-state index contributed by atoms with van der Waals surface area (Å²) in [6.45, 7) is -0.170. The molecular weight excluding hydrogens is 458 g/mol. The first-order valence-corrected chi connectivity index (χ1v) is 11.2. The van der Waals surface area contributed by atoms with E-state index in [0.717, 1.165) is 10.5 Å². The number of aromatic nitrogens is 2. The van der Waals surface area contributed by atoms with Crippen LogP contribution in [0.5, 0.6) is 5.75 Å². The summed E-state index contributed by atoms with van der Waals surface area (Å²) < 4.78 is 40.3. The number of para-hydroxylation sites is 1. The predicted molar refractivity (Wildman–Crippen MR) is 125 cm³/mol. The van der Waals surface area contributed by atoms with Crippen LogP contribution in [-0.4, -0.2) is 59.9 Å². The molecule has 8 nitrogen and oxygen atoms in total. The predicted octanol–water partition coefficient (Wildman–Crippen LogP) is 4.29. The molecule has 1 saturated heterocycles. The van der Waals surface area contributed by atoms with Crippen LogP contribution in [0.15, 0.2) is 54.6 Å². The molecule has 3 aromatic rings. The summed E-state index contributed by atoms with van der Waals surface area (Å²) in [5, 5.41) is 18.2. The van der Waals surface area contributed by atoms with Gasteiger partial charge in [0.2, 0.25) is 0 Å². The lowest BCUT2D eigenvalue weighted by Gasteiger charge is -2.45. The van der Waals surface area contributed by atoms with Gasteiger partial charge in [0.15, 0.2) is 17.4 Å². The molecule has 1 fully saturated rings. The van der Waals surface area contributed by atoms with Gasteiger partial charge in [0, 0.05) is 18.5 Å². The number of benzene rings is 2. The number of nitrogens with zero attached hydrogens (tertiary/aromatic N) is 4. The van der Waals surface area contributed by atoms with Crippen molar-refractivity contribution in [2.75, 3.05) is 36.7 Å². The number of carbonyl (C=O) groups is 1. The lowest BCUT2D eigenvalue weighted by Crippen LogP contribution is -2.59. The Hall–Kier alpha value is -3.79. The first-order valence-electron chi connectivity index (χ1n) is 11.2. The van der Waals surface area contributed by atoms with E-state index in [4.69, 9.17) is 9.47 Å². The van der Waals surface area contributed by atoms with Gasteiger partial charge in [0.25, 0.3) is 0 Å². The van der Waals surface area contributed by atoms with Crippen molar-refractivity contribution in [1.29, 1.82) is 0 Å². The maximum atomic E-state index is 14.7. The van der Waals surface area contributed by atoms with Gasteiger partial charge >= 0.3 is 6.09 Å². The summed E-state index contributed by atoms with van der Waals surface area (Å²) in [4.78, 5) is 14.9. The molecule has 1 amide bonds. The largest absolute Gasteiger partial charge is 0.493 e. The fourth-order valence-electron chi connectivity index (χ4n) is 4.91. The number of carboxylic acid groups (broad SMARTS) is 1. The smallest absolute Gasteiger partial charge is 0.413 e. The van der Waals surface area contributed by atoms with E-state index in [2.05, 4.69) is 10.2 Å². The minimum Gasteiger partial charge on any atom is -0.493 e. The highest BCUT2D eigenvalue weighted by Crippen LogP contribution is 2.46. The van der Waals surface area contributed by atoms with E-state index >= 15 is 0 Å². The Balaban J connectivity index is 1.53. The third-order valence-corrected chi connectivity index (χ3v) is 6.58. The average molecular weight is 482 g/mol. The lowest BCUT2D eigenvalue weighted by molar-refractivity contribution is 0.0481. The van der Waals surface area contributed by atoms with Crippen molar-refractivity contribution in [1.82, 2.24) is 10.2 Å². The standard InChI is InChI=1S/C25H24F2N4O4/c1-34-22-18(8-5-9-19(22)27)20-10-21-23(29-28-20)30(24(32)33)15-25(14-26)11-17(12-31(21)25)35-13-16-6-3-2-4-7-16/h2-10,17H,11-15H2,1H3,(H,32,33)/t17-,25+/m1/s1. The van der Waals surface area contributed by atoms with Crippen LogP contribution >= 0.6 is 0 Å². The summed E-state index contributed by atoms with van der Waals surface area (Å²) in [6.07, 6.45) is -1.27. The van der Waals surface area contributed by atoms with Crippen molar-refractivity contribution >= 4 is 17.6 Å². The number of amides is 1. The van der Waals surface area contributed by atoms with Crippen molar-refractivity contribution in [3.8, 4) is 17.0 Å². The van der Waals surface area contributed by atoms with E-state index in [1.165, 1.54) is 19.2 Å². The first kappa shape index (κ1) is 23.0. The highest BCUT2D eigenvalue weighted by atomic mass is 19.1. The van der Waals surface area contributed by atoms with Crippen LogP contribution in [0.4, 0.5) is 25.1 Å². The van der Waals surface area contributed by atoms with Gasteiger partial charge in [-0.05, 0) is 23.8 Å². The number of rotatable bonds is 6. The van der Waals surface area contributed by atoms with Gasteiger partial charge in [-0.1, -0.05) is 36.4 Å². The molecule has 0 spiro atoms. The molecule has 0 saturated carbocycles. The van der Waals surface area contributed by atoms with Crippen LogP contribution in [0.3, 0.4) is 0 Å². The summed E-state index contributed by atoms with van der Waals surface area (Å²) in [7, 11) is 1.35. The molecule has 2 aliphatic heterocycles. The Morgan fingerprint density at radius 2 is 2.00 bits per heavy atom. The number of ether oxygens (including phenoxy) is 2. The Morgan fingerprint density at radius 3 is 2.71 bits per heavy atom. The number of fused-ring (bicyclic) bond motifs is 3. The van der Waals surface area contributed by atoms with Crippen molar-refractivity contribution in [2.45, 2.75) is 24.7 Å². The van der Waals surface area contributed by atoms with Crippen molar-refractivity contribution in [3.63, 3.8) is 0 Å². The maximum absolute atomic E-state index is 14.7. The lowest BCUT2D eigenvalue weighted by atomic mass is 9.93. The summed E-state index contributed by atoms with van der Waals surface area (Å²) in [5.74, 6) is -0.468. The second kappa shape index (κ2) is 9.10. The average Bonchev–Trinajstić information content (AvgIpc) is 3.26. The Kier molecular flexibility index (Phi) is 5.98. The van der Waals surface area contributed by atoms with Gasteiger partial charge in [0.05, 0.1) is 43.3 Å². The highest BCUT2D eigenvalue weighted by molar-refractivity contribution is 5.92. The Labute approximate surface area is 200 Å². The van der Waals surface area contributed by atoms with E-state index in [-0.39, 0.29) is 29.9 Å². The molecule has 1 N–H and O–H groups in total. The zero-order chi connectivity index (χ0) is 24.6. The highest BCUT2D eigenvalue weighted by Gasteiger charge is 2.53. The summed E-state index contributed by atoms with van der Waals surface area (Å²) >= 11 is 0. The number of hydrogen-bond acceptors (Lipinski definition) is 6. The van der Waals surface area contributed by atoms with Crippen LogP contribution in [-0.2, 0) is 11.3 Å². The molecule has 1 aromatic heterocycles. The van der Waals surface area contributed by atoms with Crippen molar-refractivity contribution < 1.29 is 28.2 Å². The molecule has 182 valence electrons. The van der Waals surface area contributed by atoms with E-state index in [9.17, 15) is 18.7 Å². The summed E-state index contributed by atoms with van der Waals surface area (Å²) in [5.41, 5.74) is 0.925. The zero-order valence-electron chi connectivity index (χ0n) is 19.0. The topological polar surface area (TPSA) is 88.0 Å². The number of hydrogen-bond donors (Lipinski definition) is 1. The quantitative estimate of drug-likeness (QED) is 0.561. The van der Waals surface area contributed by atoms with E-state index < -0.39 is 24.1 Å². The van der Waals surface area contributed by atoms with Crippen LogP contribution in [0, 0.1) is 5.82 Å². The fraction of sp³-hybridized carbons (Fsp3) is 0.320. The molecule has 35 heavy (non-hydrogen) atoms. The number of halogens is 2. The Bertz CT molecular complexity index is 1250. The van der Waals surface area contributed by atoms with Crippen LogP contribution in [0.2, 0.25) is 0 Å². The number of alkyl halides is 1. The van der Waals surface area contributed by atoms with E-state index in [1.807, 2.05) is 35.2 Å². The minimum absolute atomic E-state index is 0.00472. The molecule has 5 rings (SSSR count). The second-order valence-corrected chi connectivity index (χ2v) is 8.72. The third-order valence-electron chi connectivity index (χ3n) is 6.58. The zero-order valence-corrected chi connectivity index (χ0v) is 19.0.